The van der Waals surface area contributed by atoms with Crippen molar-refractivity contribution in [2.45, 2.75) is 0 Å². The molecule has 1 aromatic carbocycles. The molecule has 2 aromatic heterocycles. The zero-order chi connectivity index (χ0) is 21.8. The second-order valence-corrected chi connectivity index (χ2v) is 7.38. The van der Waals surface area contributed by atoms with Crippen LogP contribution < -0.4 is 20.8 Å². The second kappa shape index (κ2) is 9.01. The molecule has 3 heterocycles. The van der Waals surface area contributed by atoms with Gasteiger partial charge in [-0.25, -0.2) is 9.97 Å². The van der Waals surface area contributed by atoms with Gasteiger partial charge in [-0.15, -0.1) is 0 Å². The van der Waals surface area contributed by atoms with Crippen molar-refractivity contribution in [1.82, 2.24) is 15.0 Å². The Bertz CT molecular complexity index is 1070. The number of nitrogens with one attached hydrogen (secondary N) is 1. The third-order valence-corrected chi connectivity index (χ3v) is 5.09. The monoisotopic (exact) mass is 417 g/mol. The molecule has 0 radical (unpaired) electrons. The first-order chi connectivity index (χ1) is 15.0. The van der Waals surface area contributed by atoms with E-state index in [0.29, 0.717) is 24.6 Å². The number of nitrogens with two attached hydrogens (primary N) is 1. The summed E-state index contributed by atoms with van der Waals surface area (Å²) < 4.78 is 5.42. The van der Waals surface area contributed by atoms with Crippen molar-refractivity contribution in [2.24, 2.45) is 0 Å². The molecular weight excluding hydrogens is 393 g/mol. The van der Waals surface area contributed by atoms with Gasteiger partial charge >= 0.3 is 0 Å². The number of anilines is 4. The molecule has 9 nitrogen and oxygen atoms in total. The second-order valence-electron chi connectivity index (χ2n) is 7.38. The van der Waals surface area contributed by atoms with E-state index in [4.69, 9.17) is 10.5 Å². The predicted molar refractivity (Wildman–Crippen MR) is 124 cm³/mol. The number of carbonyl (C=O) groups excluding carboxylic acids is 1. The van der Waals surface area contributed by atoms with Gasteiger partial charge in [-0.05, 0) is 25.2 Å². The number of rotatable bonds is 5. The van der Waals surface area contributed by atoms with Crippen molar-refractivity contribution in [3.05, 3.63) is 54.6 Å². The summed E-state index contributed by atoms with van der Waals surface area (Å²) in [7, 11) is 3.95. The Morgan fingerprint density at radius 2 is 1.94 bits per heavy atom. The predicted octanol–water partition coefficient (Wildman–Crippen LogP) is 1.19. The van der Waals surface area contributed by atoms with Crippen molar-refractivity contribution in [2.75, 3.05) is 54.1 Å². The lowest BCUT2D eigenvalue weighted by Crippen LogP contribution is -2.36. The summed E-state index contributed by atoms with van der Waals surface area (Å²) in [6.45, 7) is 2.77. The van der Waals surface area contributed by atoms with Crippen molar-refractivity contribution in [1.29, 1.82) is 0 Å². The lowest BCUT2D eigenvalue weighted by Gasteiger charge is -2.30. The van der Waals surface area contributed by atoms with E-state index in [0.717, 1.165) is 30.0 Å². The molecule has 4 rings (SSSR count). The van der Waals surface area contributed by atoms with Crippen LogP contribution in [-0.2, 0) is 4.74 Å². The van der Waals surface area contributed by atoms with E-state index >= 15 is 0 Å². The van der Waals surface area contributed by atoms with Crippen molar-refractivity contribution < 1.29 is 9.53 Å². The molecule has 1 aliphatic heterocycles. The van der Waals surface area contributed by atoms with E-state index < -0.39 is 5.91 Å². The summed E-state index contributed by atoms with van der Waals surface area (Å²) in [6.07, 6.45) is 4.89. The molecule has 0 bridgehead atoms. The fourth-order valence-corrected chi connectivity index (χ4v) is 3.38. The zero-order valence-electron chi connectivity index (χ0n) is 17.6. The molecule has 31 heavy (non-hydrogen) atoms. The topological polar surface area (TPSA) is 110 Å². The minimum absolute atomic E-state index is 0.0722. The van der Waals surface area contributed by atoms with E-state index in [1.807, 2.05) is 50.2 Å². The van der Waals surface area contributed by atoms with Gasteiger partial charge in [0.15, 0.2) is 11.5 Å². The molecule has 0 atom stereocenters. The molecule has 0 aliphatic carbocycles. The first kappa shape index (κ1) is 20.6. The lowest BCUT2D eigenvalue weighted by molar-refractivity contribution is 0.102. The van der Waals surface area contributed by atoms with Crippen molar-refractivity contribution >= 4 is 36.8 Å². The minimum atomic E-state index is -0.431. The molecule has 0 unspecified atom stereocenters. The molecule has 0 saturated carbocycles. The molecule has 1 fully saturated rings. The number of nitrogen functional groups attached to an aromatic ring is 1. The van der Waals surface area contributed by atoms with Gasteiger partial charge in [0.2, 0.25) is 7.98 Å². The van der Waals surface area contributed by atoms with Crippen LogP contribution in [0.25, 0.3) is 11.3 Å². The normalized spacial score (nSPS) is 13.6. The fourth-order valence-electron chi connectivity index (χ4n) is 3.38. The Morgan fingerprint density at radius 3 is 2.65 bits per heavy atom. The highest BCUT2D eigenvalue weighted by atomic mass is 16.5. The standard InChI is InChI=1S/C21H24BN7O2/c1-28(22)15-4-2-14(3-5-15)16-13-25-20(23)19(26-16)21(30)27-17-12-24-7-6-18(17)29-8-10-31-11-9-29/h2-7,12-13H,8-11,22H2,1H3,(H2,23,25)(H,27,30). The summed E-state index contributed by atoms with van der Waals surface area (Å²) in [4.78, 5) is 30.0. The summed E-state index contributed by atoms with van der Waals surface area (Å²) in [5.41, 5.74) is 10.0. The van der Waals surface area contributed by atoms with Crippen LogP contribution in [0.3, 0.4) is 0 Å². The van der Waals surface area contributed by atoms with Gasteiger partial charge in [0.05, 0.1) is 42.7 Å². The van der Waals surface area contributed by atoms with E-state index in [1.54, 1.807) is 18.6 Å². The number of carbonyl (C=O) groups is 1. The number of morpholine rings is 1. The average molecular weight is 417 g/mol. The largest absolute Gasteiger partial charge is 0.424 e. The van der Waals surface area contributed by atoms with Crippen LogP contribution in [-0.4, -0.2) is 62.2 Å². The van der Waals surface area contributed by atoms with Crippen LogP contribution in [0.4, 0.5) is 22.9 Å². The van der Waals surface area contributed by atoms with E-state index in [1.165, 1.54) is 0 Å². The Balaban J connectivity index is 1.59. The van der Waals surface area contributed by atoms with E-state index in [9.17, 15) is 4.79 Å². The van der Waals surface area contributed by atoms with Gasteiger partial charge in [0, 0.05) is 30.5 Å². The van der Waals surface area contributed by atoms with Crippen LogP contribution in [0.5, 0.6) is 0 Å². The highest BCUT2D eigenvalue weighted by molar-refractivity contribution is 6.17. The summed E-state index contributed by atoms with van der Waals surface area (Å²) in [5.74, 6) is -0.359. The molecule has 3 aromatic rings. The van der Waals surface area contributed by atoms with E-state index in [2.05, 4.69) is 25.2 Å². The van der Waals surface area contributed by atoms with Crippen LogP contribution in [0.2, 0.25) is 0 Å². The third-order valence-electron chi connectivity index (χ3n) is 5.09. The lowest BCUT2D eigenvalue weighted by atomic mass is 10.1. The molecule has 10 heteroatoms. The summed E-state index contributed by atoms with van der Waals surface area (Å²) >= 11 is 0. The molecule has 1 amide bonds. The number of aromatic nitrogens is 3. The van der Waals surface area contributed by atoms with E-state index in [-0.39, 0.29) is 11.5 Å². The maximum atomic E-state index is 13.0. The van der Waals surface area contributed by atoms with Gasteiger partial charge in [-0.3, -0.25) is 9.78 Å². The minimum Gasteiger partial charge on any atom is -0.424 e. The van der Waals surface area contributed by atoms with Gasteiger partial charge < -0.3 is 25.5 Å². The third kappa shape index (κ3) is 4.59. The molecule has 3 N–H and O–H groups in total. The number of ether oxygens (including phenoxy) is 1. The van der Waals surface area contributed by atoms with Crippen LogP contribution >= 0.6 is 0 Å². The highest BCUT2D eigenvalue weighted by Crippen LogP contribution is 2.27. The SMILES string of the molecule is BN(C)c1ccc(-c2cnc(N)c(C(=O)Nc3cnccc3N3CCOCC3)n2)cc1. The summed E-state index contributed by atoms with van der Waals surface area (Å²) in [6, 6.07) is 9.72. The molecule has 1 aliphatic rings. The molecule has 0 spiro atoms. The number of pyridine rings is 1. The van der Waals surface area contributed by atoms with Gasteiger partial charge in [-0.1, -0.05) is 12.1 Å². The highest BCUT2D eigenvalue weighted by Gasteiger charge is 2.19. The van der Waals surface area contributed by atoms with Gasteiger partial charge in [0.1, 0.15) is 0 Å². The number of nitrogens with zero attached hydrogens (tertiary/aromatic N) is 5. The number of benzene rings is 1. The quantitative estimate of drug-likeness (QED) is 0.596. The van der Waals surface area contributed by atoms with Crippen molar-refractivity contribution in [3.8, 4) is 11.3 Å². The Labute approximate surface area is 181 Å². The molecule has 1 saturated heterocycles. The van der Waals surface area contributed by atoms with Crippen LogP contribution in [0.15, 0.2) is 48.9 Å². The average Bonchev–Trinajstić information content (AvgIpc) is 2.80. The first-order valence-corrected chi connectivity index (χ1v) is 10.0. The smallest absolute Gasteiger partial charge is 0.278 e. The van der Waals surface area contributed by atoms with Gasteiger partial charge in [-0.2, -0.15) is 0 Å². The number of hydrogen-bond acceptors (Lipinski definition) is 8. The Morgan fingerprint density at radius 1 is 1.19 bits per heavy atom. The Hall–Kier alpha value is -3.66. The first-order valence-electron chi connectivity index (χ1n) is 10.0. The fraction of sp³-hybridized carbons (Fsp3) is 0.238. The molecule has 158 valence electrons. The van der Waals surface area contributed by atoms with Crippen LogP contribution in [0.1, 0.15) is 10.5 Å². The van der Waals surface area contributed by atoms with Crippen LogP contribution in [0, 0.1) is 0 Å². The van der Waals surface area contributed by atoms with Crippen molar-refractivity contribution in [3.63, 3.8) is 0 Å². The molecular formula is C21H24BN7O2. The van der Waals surface area contributed by atoms with Gasteiger partial charge in [0.25, 0.3) is 5.91 Å². The number of hydrogen-bond donors (Lipinski definition) is 2. The maximum Gasteiger partial charge on any atom is 0.278 e. The zero-order valence-corrected chi connectivity index (χ0v) is 17.6. The summed E-state index contributed by atoms with van der Waals surface area (Å²) in [5, 5.41) is 2.89. The number of amides is 1. The Kier molecular flexibility index (Phi) is 5.99. The maximum absolute atomic E-state index is 13.0.